The quantitative estimate of drug-likeness (QED) is 0.746. The SMILES string of the molecule is CCCNc1nnc(CN2C(=O)NC(CCC)C2=O)s1. The van der Waals surface area contributed by atoms with Gasteiger partial charge in [-0.1, -0.05) is 31.6 Å². The first-order chi connectivity index (χ1) is 9.65. The van der Waals surface area contributed by atoms with Crippen LogP contribution in [-0.4, -0.2) is 39.6 Å². The van der Waals surface area contributed by atoms with E-state index in [4.69, 9.17) is 0 Å². The number of amides is 3. The summed E-state index contributed by atoms with van der Waals surface area (Å²) in [5.41, 5.74) is 0. The Labute approximate surface area is 121 Å². The highest BCUT2D eigenvalue weighted by atomic mass is 32.1. The molecule has 0 saturated carbocycles. The van der Waals surface area contributed by atoms with Crippen molar-refractivity contribution in [2.24, 2.45) is 0 Å². The van der Waals surface area contributed by atoms with Crippen LogP contribution in [0.2, 0.25) is 0 Å². The van der Waals surface area contributed by atoms with Crippen LogP contribution in [0.3, 0.4) is 0 Å². The first-order valence-electron chi connectivity index (χ1n) is 6.83. The highest BCUT2D eigenvalue weighted by Crippen LogP contribution is 2.20. The Morgan fingerprint density at radius 3 is 2.80 bits per heavy atom. The first-order valence-corrected chi connectivity index (χ1v) is 7.65. The minimum atomic E-state index is -0.391. The lowest BCUT2D eigenvalue weighted by Gasteiger charge is -2.10. The smallest absolute Gasteiger partial charge is 0.325 e. The molecule has 1 unspecified atom stereocenters. The van der Waals surface area contributed by atoms with E-state index in [0.29, 0.717) is 11.4 Å². The van der Waals surface area contributed by atoms with Gasteiger partial charge in [-0.2, -0.15) is 0 Å². The number of hydrogen-bond acceptors (Lipinski definition) is 6. The molecular formula is C12H19N5O2S. The van der Waals surface area contributed by atoms with Crippen molar-refractivity contribution < 1.29 is 9.59 Å². The minimum absolute atomic E-state index is 0.171. The van der Waals surface area contributed by atoms with Gasteiger partial charge in [0.25, 0.3) is 5.91 Å². The van der Waals surface area contributed by atoms with Crippen molar-refractivity contribution in [3.05, 3.63) is 5.01 Å². The molecule has 20 heavy (non-hydrogen) atoms. The fourth-order valence-corrected chi connectivity index (χ4v) is 2.72. The maximum Gasteiger partial charge on any atom is 0.325 e. The Hall–Kier alpha value is -1.70. The van der Waals surface area contributed by atoms with E-state index >= 15 is 0 Å². The minimum Gasteiger partial charge on any atom is -0.360 e. The molecular weight excluding hydrogens is 278 g/mol. The molecule has 0 radical (unpaired) electrons. The maximum absolute atomic E-state index is 12.1. The molecule has 8 heteroatoms. The number of rotatable bonds is 7. The average molecular weight is 297 g/mol. The lowest BCUT2D eigenvalue weighted by atomic mass is 10.2. The second-order valence-electron chi connectivity index (χ2n) is 4.64. The monoisotopic (exact) mass is 297 g/mol. The average Bonchev–Trinajstić information content (AvgIpc) is 2.98. The maximum atomic E-state index is 12.1. The second-order valence-corrected chi connectivity index (χ2v) is 5.70. The Balaban J connectivity index is 1.97. The normalized spacial score (nSPS) is 18.5. The molecule has 1 aliphatic heterocycles. The largest absolute Gasteiger partial charge is 0.360 e. The Bertz CT molecular complexity index is 490. The number of imide groups is 1. The molecule has 1 aliphatic rings. The third kappa shape index (κ3) is 3.24. The van der Waals surface area contributed by atoms with Crippen molar-refractivity contribution in [3.8, 4) is 0 Å². The number of nitrogens with zero attached hydrogens (tertiary/aromatic N) is 3. The Kier molecular flexibility index (Phi) is 4.89. The molecule has 1 fully saturated rings. The molecule has 1 saturated heterocycles. The highest BCUT2D eigenvalue weighted by molar-refractivity contribution is 7.15. The van der Waals surface area contributed by atoms with Crippen molar-refractivity contribution in [1.29, 1.82) is 0 Å². The highest BCUT2D eigenvalue weighted by Gasteiger charge is 2.37. The summed E-state index contributed by atoms with van der Waals surface area (Å²) >= 11 is 1.37. The van der Waals surface area contributed by atoms with Gasteiger partial charge < -0.3 is 10.6 Å². The van der Waals surface area contributed by atoms with Crippen LogP contribution in [-0.2, 0) is 11.3 Å². The summed E-state index contributed by atoms with van der Waals surface area (Å²) in [4.78, 5) is 25.1. The number of aromatic nitrogens is 2. The van der Waals surface area contributed by atoms with Crippen LogP contribution >= 0.6 is 11.3 Å². The Morgan fingerprint density at radius 1 is 1.30 bits per heavy atom. The van der Waals surface area contributed by atoms with Gasteiger partial charge in [-0.15, -0.1) is 10.2 Å². The zero-order valence-electron chi connectivity index (χ0n) is 11.7. The molecule has 3 amide bonds. The molecule has 2 rings (SSSR count). The summed E-state index contributed by atoms with van der Waals surface area (Å²) in [6.45, 7) is 5.07. The van der Waals surface area contributed by atoms with Gasteiger partial charge in [0.2, 0.25) is 5.13 Å². The standard InChI is InChI=1S/C12H19N5O2S/c1-3-5-8-10(18)17(12(19)14-8)7-9-15-16-11(20-9)13-6-4-2/h8H,3-7H2,1-2H3,(H,13,16)(H,14,19). The number of carbonyl (C=O) groups is 2. The summed E-state index contributed by atoms with van der Waals surface area (Å²) in [7, 11) is 0. The van der Waals surface area contributed by atoms with Crippen LogP contribution < -0.4 is 10.6 Å². The molecule has 0 aromatic carbocycles. The summed E-state index contributed by atoms with van der Waals surface area (Å²) in [6.07, 6.45) is 2.52. The fraction of sp³-hybridized carbons (Fsp3) is 0.667. The predicted molar refractivity (Wildman–Crippen MR) is 76.5 cm³/mol. The van der Waals surface area contributed by atoms with Gasteiger partial charge in [0, 0.05) is 6.54 Å². The summed E-state index contributed by atoms with van der Waals surface area (Å²) in [5, 5.41) is 15.2. The first kappa shape index (κ1) is 14.7. The van der Waals surface area contributed by atoms with Crippen molar-refractivity contribution in [3.63, 3.8) is 0 Å². The zero-order valence-corrected chi connectivity index (χ0v) is 12.5. The molecule has 7 nitrogen and oxygen atoms in total. The van der Waals surface area contributed by atoms with E-state index in [1.807, 2.05) is 6.92 Å². The van der Waals surface area contributed by atoms with Crippen LogP contribution in [0.15, 0.2) is 0 Å². The third-order valence-corrected chi connectivity index (χ3v) is 3.84. The van der Waals surface area contributed by atoms with Crippen LogP contribution in [0.25, 0.3) is 0 Å². The van der Waals surface area contributed by atoms with E-state index in [1.165, 1.54) is 16.2 Å². The lowest BCUT2D eigenvalue weighted by molar-refractivity contribution is -0.128. The van der Waals surface area contributed by atoms with E-state index in [0.717, 1.165) is 24.5 Å². The van der Waals surface area contributed by atoms with Crippen LogP contribution in [0.4, 0.5) is 9.93 Å². The molecule has 0 spiro atoms. The molecule has 0 bridgehead atoms. The Morgan fingerprint density at radius 2 is 2.10 bits per heavy atom. The van der Waals surface area contributed by atoms with Crippen molar-refractivity contribution in [2.45, 2.75) is 45.7 Å². The van der Waals surface area contributed by atoms with E-state index in [1.54, 1.807) is 0 Å². The van der Waals surface area contributed by atoms with Crippen LogP contribution in [0.5, 0.6) is 0 Å². The fourth-order valence-electron chi connectivity index (χ4n) is 1.97. The van der Waals surface area contributed by atoms with Crippen molar-refractivity contribution >= 4 is 28.4 Å². The van der Waals surface area contributed by atoms with E-state index in [2.05, 4.69) is 27.8 Å². The molecule has 1 atom stereocenters. The molecule has 1 aromatic rings. The van der Waals surface area contributed by atoms with Crippen LogP contribution in [0.1, 0.15) is 38.1 Å². The van der Waals surface area contributed by atoms with Gasteiger partial charge in [-0.25, -0.2) is 4.79 Å². The number of hydrogen-bond donors (Lipinski definition) is 2. The molecule has 2 heterocycles. The zero-order chi connectivity index (χ0) is 14.5. The van der Waals surface area contributed by atoms with Gasteiger partial charge >= 0.3 is 6.03 Å². The topological polar surface area (TPSA) is 87.2 Å². The number of anilines is 1. The van der Waals surface area contributed by atoms with Gasteiger partial charge in [0.15, 0.2) is 0 Å². The summed E-state index contributed by atoms with van der Waals surface area (Å²) in [6, 6.07) is -0.732. The van der Waals surface area contributed by atoms with Crippen molar-refractivity contribution in [2.75, 3.05) is 11.9 Å². The molecule has 1 aromatic heterocycles. The number of urea groups is 1. The molecule has 2 N–H and O–H groups in total. The van der Waals surface area contributed by atoms with Crippen LogP contribution in [0, 0.1) is 0 Å². The van der Waals surface area contributed by atoms with E-state index < -0.39 is 6.04 Å². The summed E-state index contributed by atoms with van der Waals surface area (Å²) < 4.78 is 0. The van der Waals surface area contributed by atoms with Gasteiger partial charge in [0.1, 0.15) is 11.0 Å². The summed E-state index contributed by atoms with van der Waals surface area (Å²) in [5.74, 6) is -0.171. The molecule has 0 aliphatic carbocycles. The lowest BCUT2D eigenvalue weighted by Crippen LogP contribution is -2.30. The number of nitrogens with one attached hydrogen (secondary N) is 2. The van der Waals surface area contributed by atoms with Gasteiger partial charge in [-0.3, -0.25) is 9.69 Å². The predicted octanol–water partition coefficient (Wildman–Crippen LogP) is 1.58. The van der Waals surface area contributed by atoms with Crippen molar-refractivity contribution in [1.82, 2.24) is 20.4 Å². The molecule has 110 valence electrons. The third-order valence-electron chi connectivity index (χ3n) is 2.97. The van der Waals surface area contributed by atoms with E-state index in [9.17, 15) is 9.59 Å². The van der Waals surface area contributed by atoms with Gasteiger partial charge in [-0.05, 0) is 12.8 Å². The van der Waals surface area contributed by atoms with E-state index in [-0.39, 0.29) is 18.5 Å². The van der Waals surface area contributed by atoms with Gasteiger partial charge in [0.05, 0.1) is 6.54 Å². The second kappa shape index (κ2) is 6.65. The number of carbonyl (C=O) groups excluding carboxylic acids is 2.